The summed E-state index contributed by atoms with van der Waals surface area (Å²) in [5.41, 5.74) is 2.61. The van der Waals surface area contributed by atoms with E-state index in [1.165, 1.54) is 23.9 Å². The van der Waals surface area contributed by atoms with Gasteiger partial charge in [-0.3, -0.25) is 9.89 Å². The Kier molecular flexibility index (Phi) is 5.33. The predicted molar refractivity (Wildman–Crippen MR) is 99.3 cm³/mol. The van der Waals surface area contributed by atoms with Crippen LogP contribution in [0.1, 0.15) is 15.9 Å². The molecule has 3 aromatic rings. The van der Waals surface area contributed by atoms with Crippen LogP contribution in [0.4, 0.5) is 5.69 Å². The van der Waals surface area contributed by atoms with Crippen molar-refractivity contribution in [2.24, 2.45) is 0 Å². The van der Waals surface area contributed by atoms with Crippen molar-refractivity contribution in [1.82, 2.24) is 15.2 Å². The first-order valence-electron chi connectivity index (χ1n) is 7.77. The number of hydrogen-bond acceptors (Lipinski definition) is 5. The first kappa shape index (κ1) is 17.7. The Morgan fingerprint density at radius 3 is 2.77 bits per heavy atom. The number of thioether (sulfide) groups is 1. The second-order valence-electron chi connectivity index (χ2n) is 5.56. The summed E-state index contributed by atoms with van der Waals surface area (Å²) >= 11 is 1.20. The minimum absolute atomic E-state index is 0.114. The summed E-state index contributed by atoms with van der Waals surface area (Å²) in [5.74, 6) is -0.548. The molecule has 0 aliphatic carbocycles. The highest BCUT2D eigenvalue weighted by Gasteiger charge is 2.10. The summed E-state index contributed by atoms with van der Waals surface area (Å²) in [6, 6.07) is 14.0. The number of hydrogen-bond donors (Lipinski definition) is 3. The van der Waals surface area contributed by atoms with Crippen LogP contribution < -0.4 is 5.32 Å². The maximum atomic E-state index is 12.0. The number of amides is 1. The summed E-state index contributed by atoms with van der Waals surface area (Å²) in [6.07, 6.45) is 0. The normalized spacial score (nSPS) is 10.5. The maximum Gasteiger partial charge on any atom is 0.335 e. The van der Waals surface area contributed by atoms with Crippen molar-refractivity contribution in [2.45, 2.75) is 12.1 Å². The Morgan fingerprint density at radius 2 is 2.00 bits per heavy atom. The number of carboxylic acids is 1. The summed E-state index contributed by atoms with van der Waals surface area (Å²) in [5, 5.41) is 19.1. The van der Waals surface area contributed by atoms with Crippen LogP contribution in [0.2, 0.25) is 0 Å². The number of carbonyl (C=O) groups excluding carboxylic acids is 1. The van der Waals surface area contributed by atoms with E-state index in [-0.39, 0.29) is 17.2 Å². The number of aromatic carboxylic acids is 1. The van der Waals surface area contributed by atoms with Crippen molar-refractivity contribution in [3.63, 3.8) is 0 Å². The van der Waals surface area contributed by atoms with Gasteiger partial charge in [-0.1, -0.05) is 41.6 Å². The molecular weight excluding hydrogens is 352 g/mol. The first-order valence-corrected chi connectivity index (χ1v) is 8.75. The third kappa shape index (κ3) is 4.48. The Morgan fingerprint density at radius 1 is 1.19 bits per heavy atom. The lowest BCUT2D eigenvalue weighted by molar-refractivity contribution is -0.113. The highest BCUT2D eigenvalue weighted by molar-refractivity contribution is 7.99. The van der Waals surface area contributed by atoms with E-state index in [0.717, 1.165) is 11.1 Å². The van der Waals surface area contributed by atoms with Crippen molar-refractivity contribution in [3.05, 3.63) is 59.7 Å². The average Bonchev–Trinajstić information content (AvgIpc) is 3.09. The molecule has 0 atom stereocenters. The van der Waals surface area contributed by atoms with Gasteiger partial charge in [0.2, 0.25) is 11.1 Å². The largest absolute Gasteiger partial charge is 0.478 e. The van der Waals surface area contributed by atoms with Crippen molar-refractivity contribution in [2.75, 3.05) is 11.1 Å². The highest BCUT2D eigenvalue weighted by atomic mass is 32.2. The average molecular weight is 368 g/mol. The molecule has 132 valence electrons. The van der Waals surface area contributed by atoms with E-state index >= 15 is 0 Å². The molecule has 7 nitrogen and oxygen atoms in total. The van der Waals surface area contributed by atoms with E-state index in [0.29, 0.717) is 16.7 Å². The molecule has 3 rings (SSSR count). The molecule has 3 N–H and O–H groups in total. The summed E-state index contributed by atoms with van der Waals surface area (Å²) in [7, 11) is 0. The van der Waals surface area contributed by atoms with Gasteiger partial charge in [0.05, 0.1) is 11.3 Å². The number of carboxylic acid groups (broad SMARTS) is 1. The zero-order valence-electron chi connectivity index (χ0n) is 13.9. The quantitative estimate of drug-likeness (QED) is 0.577. The number of H-pyrrole nitrogens is 1. The van der Waals surface area contributed by atoms with Crippen molar-refractivity contribution >= 4 is 29.3 Å². The Labute approximate surface area is 153 Å². The van der Waals surface area contributed by atoms with E-state index in [2.05, 4.69) is 20.5 Å². The van der Waals surface area contributed by atoms with Gasteiger partial charge in [0, 0.05) is 11.3 Å². The molecular formula is C18H16N4O3S. The van der Waals surface area contributed by atoms with Crippen LogP contribution in [0.5, 0.6) is 0 Å². The molecule has 0 aliphatic rings. The molecule has 0 saturated carbocycles. The molecule has 1 heterocycles. The van der Waals surface area contributed by atoms with Crippen LogP contribution in [0.3, 0.4) is 0 Å². The summed E-state index contributed by atoms with van der Waals surface area (Å²) in [6.45, 7) is 2.00. The van der Waals surface area contributed by atoms with Crippen LogP contribution in [-0.4, -0.2) is 37.9 Å². The molecule has 0 unspecified atom stereocenters. The highest BCUT2D eigenvalue weighted by Crippen LogP contribution is 2.20. The zero-order chi connectivity index (χ0) is 18.5. The predicted octanol–water partition coefficient (Wildman–Crippen LogP) is 3.21. The van der Waals surface area contributed by atoms with Gasteiger partial charge in [0.25, 0.3) is 0 Å². The van der Waals surface area contributed by atoms with Crippen molar-refractivity contribution < 1.29 is 14.7 Å². The van der Waals surface area contributed by atoms with Gasteiger partial charge in [-0.2, -0.15) is 0 Å². The van der Waals surface area contributed by atoms with Crippen molar-refractivity contribution in [3.8, 4) is 11.4 Å². The minimum Gasteiger partial charge on any atom is -0.478 e. The molecule has 0 aliphatic heterocycles. The van der Waals surface area contributed by atoms with E-state index in [4.69, 9.17) is 5.11 Å². The smallest absolute Gasteiger partial charge is 0.335 e. The fourth-order valence-corrected chi connectivity index (χ4v) is 2.89. The molecule has 0 radical (unpaired) electrons. The molecule has 26 heavy (non-hydrogen) atoms. The molecule has 0 fully saturated rings. The van der Waals surface area contributed by atoms with Crippen LogP contribution in [0.25, 0.3) is 11.4 Å². The standard InChI is InChI=1S/C18H16N4O3S/c1-11-4-2-5-12(8-11)16-20-18(22-21-16)26-10-15(23)19-14-7-3-6-13(9-14)17(24)25/h2-9H,10H2,1H3,(H,19,23)(H,24,25)(H,20,21,22). The van der Waals surface area contributed by atoms with Gasteiger partial charge in [0.1, 0.15) is 0 Å². The molecule has 0 bridgehead atoms. The van der Waals surface area contributed by atoms with Crippen LogP contribution >= 0.6 is 11.8 Å². The fraction of sp³-hybridized carbons (Fsp3) is 0.111. The second kappa shape index (κ2) is 7.83. The Bertz CT molecular complexity index is 955. The van der Waals surface area contributed by atoms with E-state index in [1.807, 2.05) is 31.2 Å². The van der Waals surface area contributed by atoms with Gasteiger partial charge in [0.15, 0.2) is 5.82 Å². The molecule has 2 aromatic carbocycles. The first-order chi connectivity index (χ1) is 12.5. The molecule has 0 saturated heterocycles. The monoisotopic (exact) mass is 368 g/mol. The maximum absolute atomic E-state index is 12.0. The van der Waals surface area contributed by atoms with Crippen molar-refractivity contribution in [1.29, 1.82) is 0 Å². The van der Waals surface area contributed by atoms with Crippen LogP contribution in [0, 0.1) is 6.92 Å². The number of nitrogens with one attached hydrogen (secondary N) is 2. The number of nitrogens with zero attached hydrogens (tertiary/aromatic N) is 2. The number of anilines is 1. The number of aryl methyl sites for hydroxylation is 1. The lowest BCUT2D eigenvalue weighted by Gasteiger charge is -2.04. The van der Waals surface area contributed by atoms with Gasteiger partial charge in [-0.25, -0.2) is 9.78 Å². The van der Waals surface area contributed by atoms with E-state index in [9.17, 15) is 9.59 Å². The third-order valence-corrected chi connectivity index (χ3v) is 4.33. The SMILES string of the molecule is Cc1cccc(-c2nc(SCC(=O)Nc3cccc(C(=O)O)c3)n[nH]2)c1. The lowest BCUT2D eigenvalue weighted by Crippen LogP contribution is -2.14. The summed E-state index contributed by atoms with van der Waals surface area (Å²) < 4.78 is 0. The number of carbonyl (C=O) groups is 2. The Hall–Kier alpha value is -3.13. The molecule has 1 aromatic heterocycles. The topological polar surface area (TPSA) is 108 Å². The fourth-order valence-electron chi connectivity index (χ4n) is 2.29. The number of aromatic amines is 1. The van der Waals surface area contributed by atoms with Gasteiger partial charge >= 0.3 is 5.97 Å². The van der Waals surface area contributed by atoms with E-state index in [1.54, 1.807) is 12.1 Å². The minimum atomic E-state index is -1.04. The number of aromatic nitrogens is 3. The molecule has 1 amide bonds. The van der Waals surface area contributed by atoms with Gasteiger partial charge in [-0.15, -0.1) is 5.10 Å². The van der Waals surface area contributed by atoms with Crippen LogP contribution in [-0.2, 0) is 4.79 Å². The molecule has 0 spiro atoms. The van der Waals surface area contributed by atoms with Gasteiger partial charge < -0.3 is 10.4 Å². The third-order valence-electron chi connectivity index (χ3n) is 3.48. The Balaban J connectivity index is 1.58. The number of benzene rings is 2. The zero-order valence-corrected chi connectivity index (χ0v) is 14.7. The second-order valence-corrected chi connectivity index (χ2v) is 6.50. The lowest BCUT2D eigenvalue weighted by atomic mass is 10.1. The molecule has 8 heteroatoms. The van der Waals surface area contributed by atoms with Gasteiger partial charge in [-0.05, 0) is 31.2 Å². The summed E-state index contributed by atoms with van der Waals surface area (Å²) in [4.78, 5) is 27.4. The number of rotatable bonds is 6. The van der Waals surface area contributed by atoms with Crippen LogP contribution in [0.15, 0.2) is 53.7 Å². The van der Waals surface area contributed by atoms with E-state index < -0.39 is 5.97 Å².